The van der Waals surface area contributed by atoms with Crippen LogP contribution in [0.25, 0.3) is 11.3 Å². The number of carboxylic acid groups (broad SMARTS) is 1. The fraction of sp³-hybridized carbons (Fsp3) is 0.455. The number of likely N-dealkylation sites (tertiary alicyclic amines) is 1. The van der Waals surface area contributed by atoms with E-state index in [2.05, 4.69) is 0 Å². The van der Waals surface area contributed by atoms with E-state index in [1.807, 2.05) is 30.3 Å². The molecule has 246 valence electrons. The van der Waals surface area contributed by atoms with Crippen LogP contribution in [0.3, 0.4) is 0 Å². The van der Waals surface area contributed by atoms with E-state index in [0.717, 1.165) is 28.7 Å². The Kier molecular flexibility index (Phi) is 10.3. The fourth-order valence-corrected chi connectivity index (χ4v) is 6.32. The molecule has 0 radical (unpaired) electrons. The summed E-state index contributed by atoms with van der Waals surface area (Å²) in [4.78, 5) is 45.0. The molecule has 0 aliphatic carbocycles. The first-order valence-electron chi connectivity index (χ1n) is 15.3. The summed E-state index contributed by atoms with van der Waals surface area (Å²) in [6.45, 7) is 2.96. The number of alkyl halides is 1. The van der Waals surface area contributed by atoms with Gasteiger partial charge in [0, 0.05) is 57.4 Å². The van der Waals surface area contributed by atoms with E-state index in [0.29, 0.717) is 31.9 Å². The molecule has 1 N–H and O–H groups in total. The average Bonchev–Trinajstić information content (AvgIpc) is 3.61. The van der Waals surface area contributed by atoms with Gasteiger partial charge < -0.3 is 28.9 Å². The average molecular weight is 643 g/mol. The van der Waals surface area contributed by atoms with Crippen molar-refractivity contribution in [2.45, 2.75) is 51.6 Å². The molecule has 4 atom stereocenters. The van der Waals surface area contributed by atoms with E-state index >= 15 is 8.78 Å². The van der Waals surface area contributed by atoms with Gasteiger partial charge in [-0.1, -0.05) is 30.3 Å². The van der Waals surface area contributed by atoms with E-state index < -0.39 is 53.8 Å². The molecular weight excluding hydrogens is 605 g/mol. The minimum atomic E-state index is -1.55. The summed E-state index contributed by atoms with van der Waals surface area (Å²) in [6.07, 6.45) is -1.45. The monoisotopic (exact) mass is 642 g/mol. The largest absolute Gasteiger partial charge is 0.465 e. The van der Waals surface area contributed by atoms with E-state index in [9.17, 15) is 23.9 Å². The molecule has 2 amide bonds. The number of halogens is 3. The van der Waals surface area contributed by atoms with Crippen LogP contribution in [-0.2, 0) is 25.6 Å². The first-order valence-corrected chi connectivity index (χ1v) is 15.3. The van der Waals surface area contributed by atoms with Gasteiger partial charge in [0.05, 0.1) is 18.3 Å². The molecule has 2 aliphatic heterocycles. The van der Waals surface area contributed by atoms with Crippen molar-refractivity contribution >= 4 is 18.0 Å². The lowest BCUT2D eigenvalue weighted by Crippen LogP contribution is -2.49. The summed E-state index contributed by atoms with van der Waals surface area (Å²) in [5.74, 6) is -3.41. The van der Waals surface area contributed by atoms with Crippen molar-refractivity contribution in [3.05, 3.63) is 77.8 Å². The third kappa shape index (κ3) is 7.52. The summed E-state index contributed by atoms with van der Waals surface area (Å²) in [6, 6.07) is 11.6. The van der Waals surface area contributed by atoms with Gasteiger partial charge in [-0.25, -0.2) is 22.9 Å². The first kappa shape index (κ1) is 33.0. The molecule has 10 nitrogen and oxygen atoms in total. The number of esters is 1. The van der Waals surface area contributed by atoms with Crippen LogP contribution in [0, 0.1) is 23.5 Å². The number of imidazole rings is 1. The molecule has 2 fully saturated rings. The summed E-state index contributed by atoms with van der Waals surface area (Å²) in [7, 11) is 0. The van der Waals surface area contributed by atoms with Crippen molar-refractivity contribution in [3.8, 4) is 11.3 Å². The van der Waals surface area contributed by atoms with Crippen LogP contribution >= 0.6 is 0 Å². The SMILES string of the molecule is CC(=O)O[C@@H](C)C(=O)N(CC1CN(C(=O)O)CC1F)C(c1nc(-c2cc(F)ccc2F)cn1Cc1ccccc1)C1CCOCC1. The van der Waals surface area contributed by atoms with Gasteiger partial charge in [-0.3, -0.25) is 9.59 Å². The molecular formula is C33H37F3N4O6. The number of ether oxygens (including phenoxy) is 2. The van der Waals surface area contributed by atoms with Gasteiger partial charge in [0.25, 0.3) is 5.91 Å². The van der Waals surface area contributed by atoms with Crippen molar-refractivity contribution in [1.29, 1.82) is 0 Å². The maximum atomic E-state index is 15.4. The zero-order valence-corrected chi connectivity index (χ0v) is 25.7. The lowest BCUT2D eigenvalue weighted by atomic mass is 9.88. The molecule has 1 aromatic heterocycles. The van der Waals surface area contributed by atoms with E-state index in [1.54, 1.807) is 10.8 Å². The van der Waals surface area contributed by atoms with Gasteiger partial charge in [0.1, 0.15) is 23.6 Å². The molecule has 2 aliphatic rings. The number of carbonyl (C=O) groups excluding carboxylic acids is 2. The second-order valence-electron chi connectivity index (χ2n) is 11.8. The molecule has 2 aromatic carbocycles. The maximum absolute atomic E-state index is 15.4. The molecule has 5 rings (SSSR count). The van der Waals surface area contributed by atoms with Crippen LogP contribution in [0.15, 0.2) is 54.7 Å². The molecule has 46 heavy (non-hydrogen) atoms. The van der Waals surface area contributed by atoms with Gasteiger partial charge in [0.15, 0.2) is 6.10 Å². The topological polar surface area (TPSA) is 114 Å². The van der Waals surface area contributed by atoms with Gasteiger partial charge in [0.2, 0.25) is 0 Å². The summed E-state index contributed by atoms with van der Waals surface area (Å²) in [5.41, 5.74) is 0.949. The fourth-order valence-electron chi connectivity index (χ4n) is 6.32. The molecule has 3 unspecified atom stereocenters. The molecule has 3 heterocycles. The Morgan fingerprint density at radius 3 is 2.48 bits per heavy atom. The van der Waals surface area contributed by atoms with Gasteiger partial charge in [-0.05, 0) is 49.4 Å². The predicted octanol–water partition coefficient (Wildman–Crippen LogP) is 5.07. The van der Waals surface area contributed by atoms with Crippen LogP contribution in [0.5, 0.6) is 0 Å². The summed E-state index contributed by atoms with van der Waals surface area (Å²) < 4.78 is 57.4. The smallest absolute Gasteiger partial charge is 0.407 e. The van der Waals surface area contributed by atoms with Crippen molar-refractivity contribution in [1.82, 2.24) is 19.4 Å². The van der Waals surface area contributed by atoms with Crippen molar-refractivity contribution in [3.63, 3.8) is 0 Å². The third-order valence-corrected chi connectivity index (χ3v) is 8.56. The standard InChI is InChI=1S/C33H37F3N4O6/c1-20(46-21(2)41)32(42)40(17-24-16-39(33(43)44)18-28(24)36)30(23-10-12-45-13-11-23)31-37-29(26-14-25(34)8-9-27(26)35)19-38(31)15-22-6-4-3-5-7-22/h3-9,14,19-20,23-24,28,30H,10-13,15-18H2,1-2H3,(H,43,44)/t20-,24?,28?,30?/m0/s1. The Morgan fingerprint density at radius 1 is 1.11 bits per heavy atom. The highest BCUT2D eigenvalue weighted by Crippen LogP contribution is 2.39. The third-order valence-electron chi connectivity index (χ3n) is 8.56. The second kappa shape index (κ2) is 14.4. The Labute approximate surface area is 264 Å². The lowest BCUT2D eigenvalue weighted by Gasteiger charge is -2.40. The number of carbonyl (C=O) groups is 3. The van der Waals surface area contributed by atoms with Crippen molar-refractivity contribution in [2.24, 2.45) is 11.8 Å². The van der Waals surface area contributed by atoms with Gasteiger partial charge >= 0.3 is 12.1 Å². The van der Waals surface area contributed by atoms with Crippen molar-refractivity contribution in [2.75, 3.05) is 32.8 Å². The number of hydrogen-bond acceptors (Lipinski definition) is 6. The Bertz CT molecular complexity index is 1550. The summed E-state index contributed by atoms with van der Waals surface area (Å²) in [5, 5.41) is 9.54. The molecule has 2 saturated heterocycles. The molecule has 0 spiro atoms. The normalized spacial score (nSPS) is 19.9. The number of hydrogen-bond donors (Lipinski definition) is 1. The van der Waals surface area contributed by atoms with Crippen molar-refractivity contribution < 1.29 is 42.1 Å². The molecule has 0 bridgehead atoms. The molecule has 3 aromatic rings. The number of benzene rings is 2. The predicted molar refractivity (Wildman–Crippen MR) is 160 cm³/mol. The zero-order valence-electron chi connectivity index (χ0n) is 25.7. The highest BCUT2D eigenvalue weighted by Gasteiger charge is 2.43. The highest BCUT2D eigenvalue weighted by atomic mass is 19.1. The number of nitrogens with zero attached hydrogens (tertiary/aromatic N) is 4. The number of amides is 2. The Hall–Kier alpha value is -4.39. The van der Waals surface area contributed by atoms with Crippen LogP contribution in [0.4, 0.5) is 18.0 Å². The van der Waals surface area contributed by atoms with E-state index in [4.69, 9.17) is 14.5 Å². The minimum Gasteiger partial charge on any atom is -0.465 e. The highest BCUT2D eigenvalue weighted by molar-refractivity contribution is 5.83. The van der Waals surface area contributed by atoms with Crippen LogP contribution in [0.1, 0.15) is 44.1 Å². The zero-order chi connectivity index (χ0) is 33.0. The van der Waals surface area contributed by atoms with Gasteiger partial charge in [-0.15, -0.1) is 0 Å². The lowest BCUT2D eigenvalue weighted by molar-refractivity contribution is -0.160. The summed E-state index contributed by atoms with van der Waals surface area (Å²) >= 11 is 0. The van der Waals surface area contributed by atoms with Crippen LogP contribution in [0.2, 0.25) is 0 Å². The quantitative estimate of drug-likeness (QED) is 0.307. The van der Waals surface area contributed by atoms with Gasteiger partial charge in [-0.2, -0.15) is 0 Å². The van der Waals surface area contributed by atoms with E-state index in [1.165, 1.54) is 18.7 Å². The first-order chi connectivity index (χ1) is 22.0. The molecule has 0 saturated carbocycles. The number of rotatable bonds is 10. The van der Waals surface area contributed by atoms with E-state index in [-0.39, 0.29) is 43.4 Å². The minimum absolute atomic E-state index is 0.0679. The molecule has 13 heteroatoms. The Morgan fingerprint density at radius 2 is 1.83 bits per heavy atom. The second-order valence-corrected chi connectivity index (χ2v) is 11.8. The van der Waals surface area contributed by atoms with Crippen LogP contribution < -0.4 is 0 Å². The number of aromatic nitrogens is 2. The maximum Gasteiger partial charge on any atom is 0.407 e. The Balaban J connectivity index is 1.66. The van der Waals surface area contributed by atoms with Crippen LogP contribution in [-0.4, -0.2) is 87.6 Å².